The molecule has 2 aromatic carbocycles. The van der Waals surface area contributed by atoms with E-state index in [0.29, 0.717) is 12.1 Å². The average Bonchev–Trinajstić information content (AvgIpc) is 2.51. The molecule has 2 aromatic rings. The second-order valence-corrected chi connectivity index (χ2v) is 4.90. The van der Waals surface area contributed by atoms with Crippen LogP contribution in [0.1, 0.15) is 17.2 Å². The predicted molar refractivity (Wildman–Crippen MR) is 79.4 cm³/mol. The third-order valence-corrected chi connectivity index (χ3v) is 3.37. The zero-order valence-electron chi connectivity index (χ0n) is 11.5. The Kier molecular flexibility index (Phi) is 5.31. The van der Waals surface area contributed by atoms with E-state index in [9.17, 15) is 9.18 Å². The Morgan fingerprint density at radius 3 is 2.62 bits per heavy atom. The summed E-state index contributed by atoms with van der Waals surface area (Å²) in [7, 11) is 1.30. The van der Waals surface area contributed by atoms with E-state index in [1.54, 1.807) is 6.07 Å². The highest BCUT2D eigenvalue weighted by atomic mass is 35.5. The van der Waals surface area contributed by atoms with Crippen molar-refractivity contribution < 1.29 is 13.9 Å². The van der Waals surface area contributed by atoms with Crippen molar-refractivity contribution in [3.63, 3.8) is 0 Å². The Labute approximate surface area is 127 Å². The second-order valence-electron chi connectivity index (χ2n) is 4.50. The van der Waals surface area contributed by atoms with Gasteiger partial charge in [-0.2, -0.15) is 0 Å². The monoisotopic (exact) mass is 307 g/mol. The van der Waals surface area contributed by atoms with Crippen LogP contribution >= 0.6 is 11.6 Å². The summed E-state index contributed by atoms with van der Waals surface area (Å²) >= 11 is 5.66. The van der Waals surface area contributed by atoms with E-state index in [1.807, 2.05) is 30.3 Å². The van der Waals surface area contributed by atoms with E-state index < -0.39 is 17.8 Å². The lowest BCUT2D eigenvalue weighted by Gasteiger charge is -2.17. The van der Waals surface area contributed by atoms with Crippen molar-refractivity contribution >= 4 is 17.6 Å². The molecule has 0 saturated carbocycles. The molecule has 0 fully saturated rings. The molecule has 0 spiro atoms. The number of ether oxygens (including phenoxy) is 1. The molecule has 1 N–H and O–H groups in total. The van der Waals surface area contributed by atoms with Gasteiger partial charge in [-0.25, -0.2) is 9.18 Å². The molecule has 1 atom stereocenters. The van der Waals surface area contributed by atoms with Crippen LogP contribution in [0.4, 0.5) is 4.39 Å². The minimum Gasteiger partial charge on any atom is -0.468 e. The first-order valence-electron chi connectivity index (χ1n) is 6.42. The van der Waals surface area contributed by atoms with Crippen molar-refractivity contribution in [2.24, 2.45) is 0 Å². The van der Waals surface area contributed by atoms with Gasteiger partial charge in [0.15, 0.2) is 0 Å². The van der Waals surface area contributed by atoms with Crippen molar-refractivity contribution in [2.75, 3.05) is 7.11 Å². The third kappa shape index (κ3) is 4.03. The number of hydrogen-bond acceptors (Lipinski definition) is 3. The molecule has 0 aliphatic carbocycles. The van der Waals surface area contributed by atoms with E-state index in [-0.39, 0.29) is 5.02 Å². The average molecular weight is 308 g/mol. The highest BCUT2D eigenvalue weighted by Crippen LogP contribution is 2.21. The van der Waals surface area contributed by atoms with E-state index in [4.69, 9.17) is 16.3 Å². The minimum atomic E-state index is -0.748. The highest BCUT2D eigenvalue weighted by Gasteiger charge is 2.21. The van der Waals surface area contributed by atoms with E-state index >= 15 is 0 Å². The van der Waals surface area contributed by atoms with Gasteiger partial charge >= 0.3 is 5.97 Å². The fourth-order valence-electron chi connectivity index (χ4n) is 1.96. The van der Waals surface area contributed by atoms with Gasteiger partial charge in [0, 0.05) is 6.54 Å². The van der Waals surface area contributed by atoms with Crippen LogP contribution in [0.2, 0.25) is 5.02 Å². The Morgan fingerprint density at radius 1 is 1.29 bits per heavy atom. The number of methoxy groups -OCH3 is 1. The Bertz CT molecular complexity index is 619. The molecule has 2 rings (SSSR count). The van der Waals surface area contributed by atoms with Gasteiger partial charge in [0.1, 0.15) is 11.9 Å². The van der Waals surface area contributed by atoms with Crippen molar-refractivity contribution in [1.82, 2.24) is 5.32 Å². The number of benzene rings is 2. The summed E-state index contributed by atoms with van der Waals surface area (Å²) in [5.41, 5.74) is 1.49. The Balaban J connectivity index is 2.18. The maximum absolute atomic E-state index is 13.6. The third-order valence-electron chi connectivity index (χ3n) is 3.07. The predicted octanol–water partition coefficient (Wildman–Crippen LogP) is 3.48. The lowest BCUT2D eigenvalue weighted by Crippen LogP contribution is -2.29. The largest absolute Gasteiger partial charge is 0.468 e. The van der Waals surface area contributed by atoms with Crippen LogP contribution in [0, 0.1) is 5.82 Å². The van der Waals surface area contributed by atoms with Gasteiger partial charge in [-0.15, -0.1) is 0 Å². The molecular formula is C16H15ClFNO2. The molecule has 110 valence electrons. The zero-order valence-corrected chi connectivity index (χ0v) is 12.2. The van der Waals surface area contributed by atoms with Crippen LogP contribution in [0.5, 0.6) is 0 Å². The van der Waals surface area contributed by atoms with E-state index in [1.165, 1.54) is 19.2 Å². The molecular weight excluding hydrogens is 293 g/mol. The minimum absolute atomic E-state index is 0.0189. The second kappa shape index (κ2) is 7.20. The quantitative estimate of drug-likeness (QED) is 0.859. The van der Waals surface area contributed by atoms with Gasteiger partial charge in [0.05, 0.1) is 12.1 Å². The number of rotatable bonds is 5. The van der Waals surface area contributed by atoms with Crippen LogP contribution in [0.15, 0.2) is 48.5 Å². The Hall–Kier alpha value is -1.91. The molecule has 0 aliphatic heterocycles. The van der Waals surface area contributed by atoms with Gasteiger partial charge in [0.25, 0.3) is 0 Å². The summed E-state index contributed by atoms with van der Waals surface area (Å²) in [5, 5.41) is 3.08. The molecule has 5 heteroatoms. The summed E-state index contributed by atoms with van der Waals surface area (Å²) in [6.45, 7) is 0.463. The van der Waals surface area contributed by atoms with Crippen molar-refractivity contribution in [3.8, 4) is 0 Å². The first kappa shape index (κ1) is 15.5. The number of carbonyl (C=O) groups excluding carboxylic acids is 1. The van der Waals surface area contributed by atoms with Gasteiger partial charge in [-0.3, -0.25) is 5.32 Å². The molecule has 0 bridgehead atoms. The first-order chi connectivity index (χ1) is 10.1. The highest BCUT2D eigenvalue weighted by molar-refractivity contribution is 6.30. The molecule has 0 aliphatic rings. The van der Waals surface area contributed by atoms with Crippen LogP contribution in [-0.4, -0.2) is 13.1 Å². The Morgan fingerprint density at radius 2 is 2.00 bits per heavy atom. The number of nitrogens with one attached hydrogen (secondary N) is 1. The normalized spacial score (nSPS) is 12.0. The first-order valence-corrected chi connectivity index (χ1v) is 6.79. The molecule has 21 heavy (non-hydrogen) atoms. The van der Waals surface area contributed by atoms with Crippen molar-refractivity contribution in [1.29, 1.82) is 0 Å². The van der Waals surface area contributed by atoms with Gasteiger partial charge in [0.2, 0.25) is 0 Å². The molecule has 0 amide bonds. The number of carbonyl (C=O) groups is 1. The van der Waals surface area contributed by atoms with Crippen LogP contribution in [-0.2, 0) is 16.1 Å². The fourth-order valence-corrected chi connectivity index (χ4v) is 2.08. The molecule has 3 nitrogen and oxygen atoms in total. The molecule has 0 saturated heterocycles. The number of hydrogen-bond donors (Lipinski definition) is 1. The standard InChI is InChI=1S/C16H15ClFNO2/c1-21-16(20)15(12-7-8-13(17)14(18)9-12)19-10-11-5-3-2-4-6-11/h2-9,15,19H,10H2,1H3. The molecule has 0 radical (unpaired) electrons. The van der Waals surface area contributed by atoms with Gasteiger partial charge in [-0.1, -0.05) is 48.0 Å². The van der Waals surface area contributed by atoms with E-state index in [2.05, 4.69) is 5.32 Å². The SMILES string of the molecule is COC(=O)C(NCc1ccccc1)c1ccc(Cl)c(F)c1. The summed E-state index contributed by atoms with van der Waals surface area (Å²) in [6.07, 6.45) is 0. The molecule has 0 aromatic heterocycles. The summed E-state index contributed by atoms with van der Waals surface area (Å²) in [5.74, 6) is -1.04. The van der Waals surface area contributed by atoms with Crippen LogP contribution < -0.4 is 5.32 Å². The van der Waals surface area contributed by atoms with Crippen molar-refractivity contribution in [2.45, 2.75) is 12.6 Å². The topological polar surface area (TPSA) is 38.3 Å². The van der Waals surface area contributed by atoms with Crippen LogP contribution in [0.25, 0.3) is 0 Å². The molecule has 0 heterocycles. The smallest absolute Gasteiger partial charge is 0.327 e. The number of halogens is 2. The fraction of sp³-hybridized carbons (Fsp3) is 0.188. The number of esters is 1. The van der Waals surface area contributed by atoms with Gasteiger partial charge in [-0.05, 0) is 23.3 Å². The van der Waals surface area contributed by atoms with Crippen molar-refractivity contribution in [3.05, 3.63) is 70.5 Å². The van der Waals surface area contributed by atoms with E-state index in [0.717, 1.165) is 5.56 Å². The summed E-state index contributed by atoms with van der Waals surface area (Å²) in [6, 6.07) is 13.1. The molecule has 1 unspecified atom stereocenters. The van der Waals surface area contributed by atoms with Gasteiger partial charge < -0.3 is 4.74 Å². The summed E-state index contributed by atoms with van der Waals surface area (Å²) in [4.78, 5) is 11.9. The maximum atomic E-state index is 13.6. The lowest BCUT2D eigenvalue weighted by atomic mass is 10.1. The maximum Gasteiger partial charge on any atom is 0.327 e. The zero-order chi connectivity index (χ0) is 15.2. The van der Waals surface area contributed by atoms with Crippen LogP contribution in [0.3, 0.4) is 0 Å². The summed E-state index contributed by atoms with van der Waals surface area (Å²) < 4.78 is 18.3. The lowest BCUT2D eigenvalue weighted by molar-refractivity contribution is -0.143.